The predicted octanol–water partition coefficient (Wildman–Crippen LogP) is 2.14. The summed E-state index contributed by atoms with van der Waals surface area (Å²) in [4.78, 5) is 28.2. The monoisotopic (exact) mass is 337 g/mol. The molecule has 0 bridgehead atoms. The van der Waals surface area contributed by atoms with Gasteiger partial charge in [-0.15, -0.1) is 0 Å². The van der Waals surface area contributed by atoms with E-state index in [9.17, 15) is 9.59 Å². The number of hydrogen-bond acceptors (Lipinski definition) is 3. The van der Waals surface area contributed by atoms with Crippen LogP contribution in [0.3, 0.4) is 0 Å². The summed E-state index contributed by atoms with van der Waals surface area (Å²) in [6.07, 6.45) is 0.245. The highest BCUT2D eigenvalue weighted by Gasteiger charge is 2.37. The molecule has 2 rings (SSSR count). The Bertz CT molecular complexity index is 586. The number of rotatable bonds is 5. The van der Waals surface area contributed by atoms with E-state index >= 15 is 0 Å². The third-order valence-corrected chi connectivity index (χ3v) is 4.46. The van der Waals surface area contributed by atoms with Crippen LogP contribution in [0.15, 0.2) is 24.3 Å². The number of benzene rings is 1. The Morgan fingerprint density at radius 3 is 2.57 bits per heavy atom. The Hall–Kier alpha value is -1.59. The fraction of sp³-hybridized carbons (Fsp3) is 0.529. The van der Waals surface area contributed by atoms with E-state index < -0.39 is 0 Å². The third kappa shape index (κ3) is 4.24. The van der Waals surface area contributed by atoms with Gasteiger partial charge in [0.15, 0.2) is 0 Å². The standard InChI is InChI=1S/C17H24ClN3O2/c1-17(2,10-19)11-20(3)16(23)12-8-15(22)21(9-12)14-6-4-13(18)5-7-14/h4-7,12H,8-11,19H2,1-3H3. The second kappa shape index (κ2) is 6.89. The summed E-state index contributed by atoms with van der Waals surface area (Å²) >= 11 is 5.88. The van der Waals surface area contributed by atoms with E-state index in [1.165, 1.54) is 0 Å². The molecule has 1 aromatic rings. The fourth-order valence-electron chi connectivity index (χ4n) is 2.84. The van der Waals surface area contributed by atoms with E-state index in [4.69, 9.17) is 17.3 Å². The topological polar surface area (TPSA) is 66.6 Å². The summed E-state index contributed by atoms with van der Waals surface area (Å²) in [6, 6.07) is 7.09. The maximum Gasteiger partial charge on any atom is 0.227 e. The summed E-state index contributed by atoms with van der Waals surface area (Å²) in [6.45, 7) is 5.54. The molecule has 6 heteroatoms. The van der Waals surface area contributed by atoms with Crippen molar-refractivity contribution in [2.45, 2.75) is 20.3 Å². The van der Waals surface area contributed by atoms with Gasteiger partial charge in [-0.05, 0) is 36.2 Å². The summed E-state index contributed by atoms with van der Waals surface area (Å²) in [7, 11) is 1.77. The molecule has 0 radical (unpaired) electrons. The van der Waals surface area contributed by atoms with Gasteiger partial charge in [0.1, 0.15) is 0 Å². The van der Waals surface area contributed by atoms with Crippen molar-refractivity contribution in [3.8, 4) is 0 Å². The zero-order valence-corrected chi connectivity index (χ0v) is 14.6. The van der Waals surface area contributed by atoms with Crippen molar-refractivity contribution in [1.82, 2.24) is 4.90 Å². The molecule has 1 unspecified atom stereocenters. The van der Waals surface area contributed by atoms with Gasteiger partial charge < -0.3 is 15.5 Å². The molecule has 1 aliphatic heterocycles. The zero-order valence-electron chi connectivity index (χ0n) is 13.9. The Kier molecular flexibility index (Phi) is 5.32. The van der Waals surface area contributed by atoms with Gasteiger partial charge in [0.2, 0.25) is 11.8 Å². The number of amides is 2. The molecule has 0 aromatic heterocycles. The van der Waals surface area contributed by atoms with Gasteiger partial charge in [-0.3, -0.25) is 9.59 Å². The molecule has 1 heterocycles. The molecule has 0 saturated carbocycles. The van der Waals surface area contributed by atoms with Crippen LogP contribution in [-0.2, 0) is 9.59 Å². The molecule has 0 aliphatic carbocycles. The Balaban J connectivity index is 2.04. The van der Waals surface area contributed by atoms with E-state index in [0.717, 1.165) is 5.69 Å². The first-order chi connectivity index (χ1) is 10.7. The molecule has 126 valence electrons. The SMILES string of the molecule is CN(CC(C)(C)CN)C(=O)C1CC(=O)N(c2ccc(Cl)cc2)C1. The molecule has 1 aromatic carbocycles. The highest BCUT2D eigenvalue weighted by atomic mass is 35.5. The lowest BCUT2D eigenvalue weighted by Crippen LogP contribution is -2.42. The van der Waals surface area contributed by atoms with Gasteiger partial charge in [-0.2, -0.15) is 0 Å². The van der Waals surface area contributed by atoms with Crippen LogP contribution >= 0.6 is 11.6 Å². The number of nitrogens with zero attached hydrogens (tertiary/aromatic N) is 2. The van der Waals surface area contributed by atoms with Crippen LogP contribution in [0, 0.1) is 11.3 Å². The first-order valence-corrected chi connectivity index (χ1v) is 8.12. The van der Waals surface area contributed by atoms with Crippen molar-refractivity contribution in [3.05, 3.63) is 29.3 Å². The van der Waals surface area contributed by atoms with E-state index in [1.807, 2.05) is 13.8 Å². The highest BCUT2D eigenvalue weighted by Crippen LogP contribution is 2.27. The maximum absolute atomic E-state index is 12.6. The molecular weight excluding hydrogens is 314 g/mol. The quantitative estimate of drug-likeness (QED) is 0.895. The lowest BCUT2D eigenvalue weighted by atomic mass is 9.92. The summed E-state index contributed by atoms with van der Waals surface area (Å²) in [5.41, 5.74) is 6.37. The minimum atomic E-state index is -0.309. The number of halogens is 1. The third-order valence-electron chi connectivity index (χ3n) is 4.21. The fourth-order valence-corrected chi connectivity index (χ4v) is 2.97. The molecule has 0 spiro atoms. The first-order valence-electron chi connectivity index (χ1n) is 7.74. The van der Waals surface area contributed by atoms with Crippen LogP contribution in [0.5, 0.6) is 0 Å². The van der Waals surface area contributed by atoms with E-state index in [2.05, 4.69) is 0 Å². The molecule has 1 aliphatic rings. The number of anilines is 1. The maximum atomic E-state index is 12.6. The van der Waals surface area contributed by atoms with Crippen LogP contribution < -0.4 is 10.6 Å². The van der Waals surface area contributed by atoms with Crippen LogP contribution in [0.25, 0.3) is 0 Å². The van der Waals surface area contributed by atoms with E-state index in [0.29, 0.717) is 24.7 Å². The number of nitrogens with two attached hydrogens (primary N) is 1. The molecule has 23 heavy (non-hydrogen) atoms. The summed E-state index contributed by atoms with van der Waals surface area (Å²) < 4.78 is 0. The van der Waals surface area contributed by atoms with Gasteiger partial charge in [0.05, 0.1) is 5.92 Å². The first kappa shape index (κ1) is 17.8. The average Bonchev–Trinajstić information content (AvgIpc) is 2.88. The number of carbonyl (C=O) groups is 2. The zero-order chi connectivity index (χ0) is 17.2. The van der Waals surface area contributed by atoms with Gasteiger partial charge in [0.25, 0.3) is 0 Å². The van der Waals surface area contributed by atoms with Crippen LogP contribution in [0.2, 0.25) is 5.02 Å². The number of carbonyl (C=O) groups excluding carboxylic acids is 2. The van der Waals surface area contributed by atoms with Gasteiger partial charge in [-0.25, -0.2) is 0 Å². The van der Waals surface area contributed by atoms with Gasteiger partial charge in [0, 0.05) is 37.3 Å². The normalized spacial score (nSPS) is 18.4. The van der Waals surface area contributed by atoms with Crippen molar-refractivity contribution >= 4 is 29.1 Å². The Morgan fingerprint density at radius 2 is 2.00 bits per heavy atom. The molecule has 1 atom stereocenters. The molecule has 1 fully saturated rings. The van der Waals surface area contributed by atoms with Crippen LogP contribution in [0.1, 0.15) is 20.3 Å². The second-order valence-corrected chi connectivity index (χ2v) is 7.38. The lowest BCUT2D eigenvalue weighted by Gasteiger charge is -2.30. The van der Waals surface area contributed by atoms with Crippen molar-refractivity contribution < 1.29 is 9.59 Å². The average molecular weight is 338 g/mol. The smallest absolute Gasteiger partial charge is 0.227 e. The Labute approximate surface area is 142 Å². The number of hydrogen-bond donors (Lipinski definition) is 1. The van der Waals surface area contributed by atoms with Crippen LogP contribution in [-0.4, -0.2) is 43.4 Å². The van der Waals surface area contributed by atoms with Gasteiger partial charge >= 0.3 is 0 Å². The molecule has 5 nitrogen and oxygen atoms in total. The summed E-state index contributed by atoms with van der Waals surface area (Å²) in [5.74, 6) is -0.342. The molecule has 1 saturated heterocycles. The van der Waals surface area contributed by atoms with Crippen LogP contribution in [0.4, 0.5) is 5.69 Å². The highest BCUT2D eigenvalue weighted by molar-refractivity contribution is 6.30. The lowest BCUT2D eigenvalue weighted by molar-refractivity contribution is -0.135. The van der Waals surface area contributed by atoms with Crippen molar-refractivity contribution in [2.75, 3.05) is 31.6 Å². The molecular formula is C17H24ClN3O2. The van der Waals surface area contributed by atoms with Crippen molar-refractivity contribution in [3.63, 3.8) is 0 Å². The van der Waals surface area contributed by atoms with Gasteiger partial charge in [-0.1, -0.05) is 25.4 Å². The van der Waals surface area contributed by atoms with Crippen molar-refractivity contribution in [2.24, 2.45) is 17.1 Å². The predicted molar refractivity (Wildman–Crippen MR) is 92.4 cm³/mol. The minimum Gasteiger partial charge on any atom is -0.345 e. The van der Waals surface area contributed by atoms with E-state index in [1.54, 1.807) is 41.1 Å². The largest absolute Gasteiger partial charge is 0.345 e. The van der Waals surface area contributed by atoms with E-state index in [-0.39, 0.29) is 29.6 Å². The van der Waals surface area contributed by atoms with Crippen molar-refractivity contribution in [1.29, 1.82) is 0 Å². The summed E-state index contributed by atoms with van der Waals surface area (Å²) in [5, 5.41) is 0.622. The molecule has 2 amide bonds. The second-order valence-electron chi connectivity index (χ2n) is 6.94. The Morgan fingerprint density at radius 1 is 1.39 bits per heavy atom. The minimum absolute atomic E-state index is 0.00339. The molecule has 2 N–H and O–H groups in total.